The van der Waals surface area contributed by atoms with Gasteiger partial charge < -0.3 is 9.26 Å². The lowest BCUT2D eigenvalue weighted by molar-refractivity contribution is 0.289. The van der Waals surface area contributed by atoms with Gasteiger partial charge in [-0.15, -0.1) is 0 Å². The molecule has 31 heavy (non-hydrogen) atoms. The summed E-state index contributed by atoms with van der Waals surface area (Å²) in [5.41, 5.74) is 3.77. The van der Waals surface area contributed by atoms with Crippen LogP contribution in [-0.4, -0.2) is 21.7 Å². The van der Waals surface area contributed by atoms with Gasteiger partial charge in [0, 0.05) is 29.9 Å². The first-order valence-corrected chi connectivity index (χ1v) is 11.3. The number of rotatable bonds is 10. The molecule has 166 valence electrons. The number of pyridine rings is 1. The van der Waals surface area contributed by atoms with Crippen molar-refractivity contribution in [3.05, 3.63) is 59.7 Å². The molecule has 0 spiro atoms. The van der Waals surface area contributed by atoms with Gasteiger partial charge in [0.05, 0.1) is 6.61 Å². The molecule has 3 aromatic rings. The number of hydrogen-bond donors (Lipinski definition) is 0. The molecule has 5 heteroatoms. The van der Waals surface area contributed by atoms with E-state index < -0.39 is 0 Å². The van der Waals surface area contributed by atoms with Gasteiger partial charge in [-0.3, -0.25) is 4.98 Å². The maximum Gasteiger partial charge on any atom is 0.227 e. The van der Waals surface area contributed by atoms with E-state index in [1.54, 1.807) is 12.4 Å². The number of ether oxygens (including phenoxy) is 1. The quantitative estimate of drug-likeness (QED) is 0.349. The summed E-state index contributed by atoms with van der Waals surface area (Å²) in [5, 5.41) is 4.07. The summed E-state index contributed by atoms with van der Waals surface area (Å²) in [4.78, 5) is 8.50. The minimum atomic E-state index is 0.0566. The van der Waals surface area contributed by atoms with E-state index in [0.29, 0.717) is 24.7 Å². The van der Waals surface area contributed by atoms with E-state index in [2.05, 4.69) is 74.9 Å². The highest BCUT2D eigenvalue weighted by atomic mass is 16.5. The predicted molar refractivity (Wildman–Crippen MR) is 124 cm³/mol. The van der Waals surface area contributed by atoms with Crippen LogP contribution < -0.4 is 4.74 Å². The van der Waals surface area contributed by atoms with E-state index in [1.165, 1.54) is 11.1 Å². The minimum Gasteiger partial charge on any atom is -0.493 e. The molecule has 0 aliphatic carbocycles. The lowest BCUT2D eigenvalue weighted by atomic mass is 9.76. The first-order chi connectivity index (χ1) is 14.8. The molecule has 0 aliphatic rings. The van der Waals surface area contributed by atoms with E-state index in [0.717, 1.165) is 30.6 Å². The third-order valence-electron chi connectivity index (χ3n) is 6.46. The smallest absolute Gasteiger partial charge is 0.227 e. The normalized spacial score (nSPS) is 12.2. The Kier molecular flexibility index (Phi) is 7.14. The molecule has 2 aromatic heterocycles. The Bertz CT molecular complexity index is 977. The van der Waals surface area contributed by atoms with Crippen LogP contribution in [0.4, 0.5) is 0 Å². The van der Waals surface area contributed by atoms with Crippen LogP contribution >= 0.6 is 0 Å². The van der Waals surface area contributed by atoms with Gasteiger partial charge in [-0.05, 0) is 53.9 Å². The topological polar surface area (TPSA) is 61.0 Å². The number of hydrogen-bond acceptors (Lipinski definition) is 5. The van der Waals surface area contributed by atoms with Crippen molar-refractivity contribution in [1.29, 1.82) is 0 Å². The van der Waals surface area contributed by atoms with Crippen molar-refractivity contribution in [2.45, 2.75) is 78.1 Å². The van der Waals surface area contributed by atoms with E-state index in [9.17, 15) is 0 Å². The predicted octanol–water partition coefficient (Wildman–Crippen LogP) is 6.52. The zero-order valence-corrected chi connectivity index (χ0v) is 19.7. The molecule has 0 saturated carbocycles. The monoisotopic (exact) mass is 421 g/mol. The lowest BCUT2D eigenvalue weighted by Crippen LogP contribution is -2.21. The molecule has 0 saturated heterocycles. The SMILES string of the molecule is CCC(C)(C)c1ccc(OCCCc2nc(-c3ccncc3)no2)c(C(C)(C)CC)c1. The third-order valence-corrected chi connectivity index (χ3v) is 6.46. The van der Waals surface area contributed by atoms with Crippen LogP contribution in [0.3, 0.4) is 0 Å². The molecule has 0 aliphatic heterocycles. The fourth-order valence-electron chi connectivity index (χ4n) is 3.38. The van der Waals surface area contributed by atoms with Crippen molar-refractivity contribution in [3.63, 3.8) is 0 Å². The summed E-state index contributed by atoms with van der Waals surface area (Å²) in [6.07, 6.45) is 7.10. The Balaban J connectivity index is 1.65. The molecule has 2 heterocycles. The standard InChI is InChI=1S/C26H35N3O2/c1-7-25(3,4)20-11-12-22(21(18-20)26(5,6)8-2)30-17-9-10-23-28-24(29-31-23)19-13-15-27-16-14-19/h11-16,18H,7-10,17H2,1-6H3. The Morgan fingerprint density at radius 1 is 0.935 bits per heavy atom. The van der Waals surface area contributed by atoms with Crippen molar-refractivity contribution < 1.29 is 9.26 Å². The fraction of sp³-hybridized carbons (Fsp3) is 0.500. The number of nitrogens with zero attached hydrogens (tertiary/aromatic N) is 3. The second kappa shape index (κ2) is 9.63. The molecule has 0 N–H and O–H groups in total. The average molecular weight is 422 g/mol. The van der Waals surface area contributed by atoms with Crippen molar-refractivity contribution in [3.8, 4) is 17.1 Å². The lowest BCUT2D eigenvalue weighted by Gasteiger charge is -2.30. The minimum absolute atomic E-state index is 0.0566. The van der Waals surface area contributed by atoms with Crippen LogP contribution in [0, 0.1) is 0 Å². The fourth-order valence-corrected chi connectivity index (χ4v) is 3.38. The molecule has 0 radical (unpaired) electrons. The first-order valence-electron chi connectivity index (χ1n) is 11.3. The molecule has 0 bridgehead atoms. The Hall–Kier alpha value is -2.69. The number of aromatic nitrogens is 3. The molecule has 5 nitrogen and oxygen atoms in total. The van der Waals surface area contributed by atoms with Crippen molar-refractivity contribution in [1.82, 2.24) is 15.1 Å². The van der Waals surface area contributed by atoms with Gasteiger partial charge in [0.25, 0.3) is 0 Å². The van der Waals surface area contributed by atoms with Crippen LogP contribution in [0.25, 0.3) is 11.4 Å². The highest BCUT2D eigenvalue weighted by molar-refractivity contribution is 5.52. The Morgan fingerprint density at radius 3 is 2.32 bits per heavy atom. The number of benzene rings is 1. The van der Waals surface area contributed by atoms with Crippen LogP contribution in [0.1, 0.15) is 77.8 Å². The Labute approximate surface area is 186 Å². The molecule has 1 aromatic carbocycles. The summed E-state index contributed by atoms with van der Waals surface area (Å²) < 4.78 is 11.6. The van der Waals surface area contributed by atoms with E-state index >= 15 is 0 Å². The van der Waals surface area contributed by atoms with Gasteiger partial charge in [0.15, 0.2) is 0 Å². The van der Waals surface area contributed by atoms with Crippen molar-refractivity contribution in [2.75, 3.05) is 6.61 Å². The van der Waals surface area contributed by atoms with Gasteiger partial charge in [0.2, 0.25) is 11.7 Å². The first kappa shape index (κ1) is 23.0. The zero-order valence-electron chi connectivity index (χ0n) is 19.7. The molecular weight excluding hydrogens is 386 g/mol. The maximum absolute atomic E-state index is 6.24. The van der Waals surface area contributed by atoms with Gasteiger partial charge in [-0.2, -0.15) is 4.98 Å². The van der Waals surface area contributed by atoms with Crippen LogP contribution in [-0.2, 0) is 17.3 Å². The average Bonchev–Trinajstić information content (AvgIpc) is 3.26. The summed E-state index contributed by atoms with van der Waals surface area (Å²) in [6, 6.07) is 10.5. The highest BCUT2D eigenvalue weighted by Crippen LogP contribution is 2.38. The molecule has 0 fully saturated rings. The van der Waals surface area contributed by atoms with Gasteiger partial charge in [0.1, 0.15) is 5.75 Å². The van der Waals surface area contributed by atoms with Crippen LogP contribution in [0.5, 0.6) is 5.75 Å². The number of aryl methyl sites for hydroxylation is 1. The summed E-state index contributed by atoms with van der Waals surface area (Å²) >= 11 is 0. The second-order valence-electron chi connectivity index (χ2n) is 9.39. The van der Waals surface area contributed by atoms with E-state index in [4.69, 9.17) is 9.26 Å². The van der Waals surface area contributed by atoms with Crippen molar-refractivity contribution >= 4 is 0 Å². The molecular formula is C26H35N3O2. The third kappa shape index (κ3) is 5.52. The van der Waals surface area contributed by atoms with E-state index in [1.807, 2.05) is 12.1 Å². The molecule has 0 unspecified atom stereocenters. The second-order valence-corrected chi connectivity index (χ2v) is 9.39. The van der Waals surface area contributed by atoms with Crippen LogP contribution in [0.15, 0.2) is 47.2 Å². The Morgan fingerprint density at radius 2 is 1.65 bits per heavy atom. The van der Waals surface area contributed by atoms with E-state index in [-0.39, 0.29) is 10.8 Å². The van der Waals surface area contributed by atoms with Gasteiger partial charge in [-0.25, -0.2) is 0 Å². The molecule has 0 atom stereocenters. The zero-order chi connectivity index (χ0) is 22.5. The summed E-state index contributed by atoms with van der Waals surface area (Å²) in [7, 11) is 0. The van der Waals surface area contributed by atoms with Gasteiger partial charge in [-0.1, -0.05) is 58.8 Å². The molecule has 3 rings (SSSR count). The largest absolute Gasteiger partial charge is 0.493 e. The maximum atomic E-state index is 6.24. The van der Waals surface area contributed by atoms with Gasteiger partial charge >= 0.3 is 0 Å². The van der Waals surface area contributed by atoms with Crippen LogP contribution in [0.2, 0.25) is 0 Å². The summed E-state index contributed by atoms with van der Waals surface area (Å²) in [6.45, 7) is 14.3. The summed E-state index contributed by atoms with van der Waals surface area (Å²) in [5.74, 6) is 2.20. The van der Waals surface area contributed by atoms with Crippen molar-refractivity contribution in [2.24, 2.45) is 0 Å². The molecule has 0 amide bonds. The highest BCUT2D eigenvalue weighted by Gasteiger charge is 2.26.